The summed E-state index contributed by atoms with van der Waals surface area (Å²) in [6.07, 6.45) is 2.51. The number of nitrogens with zero attached hydrogens (tertiary/aromatic N) is 3. The molecule has 0 spiro atoms. The molecule has 0 amide bonds. The summed E-state index contributed by atoms with van der Waals surface area (Å²) in [7, 11) is -1.95. The summed E-state index contributed by atoms with van der Waals surface area (Å²) in [5.41, 5.74) is 0.693. The third-order valence-corrected chi connectivity index (χ3v) is 4.45. The largest absolute Gasteiger partial charge is 0.357 e. The third-order valence-electron chi connectivity index (χ3n) is 2.27. The van der Waals surface area contributed by atoms with Crippen LogP contribution in [-0.4, -0.2) is 30.4 Å². The number of aryl methyl sites for hydroxylation is 1. The standard InChI is InChI=1S/C10H13N5O2S2/c1-7-15-8(6-18-7)3-14-19(16,17)9-4-12-10(11-2)13-5-9/h4-6,14H,3H2,1-2H3,(H,11,12,13). The SMILES string of the molecule is CNc1ncc(S(=O)(=O)NCc2csc(C)n2)cn1. The minimum absolute atomic E-state index is 0.0263. The van der Waals surface area contributed by atoms with E-state index in [-0.39, 0.29) is 11.4 Å². The van der Waals surface area contributed by atoms with Crippen LogP contribution in [0, 0.1) is 6.92 Å². The maximum absolute atomic E-state index is 12.0. The number of sulfonamides is 1. The Morgan fingerprint density at radius 1 is 1.32 bits per heavy atom. The van der Waals surface area contributed by atoms with E-state index in [0.717, 1.165) is 5.01 Å². The lowest BCUT2D eigenvalue weighted by Gasteiger charge is -2.05. The number of hydrogen-bond acceptors (Lipinski definition) is 7. The monoisotopic (exact) mass is 299 g/mol. The van der Waals surface area contributed by atoms with Crippen LogP contribution >= 0.6 is 11.3 Å². The van der Waals surface area contributed by atoms with Crippen molar-refractivity contribution in [2.24, 2.45) is 0 Å². The molecule has 7 nitrogen and oxygen atoms in total. The predicted molar refractivity (Wildman–Crippen MR) is 72.5 cm³/mol. The molecule has 0 aromatic carbocycles. The van der Waals surface area contributed by atoms with Crippen LogP contribution in [0.3, 0.4) is 0 Å². The van der Waals surface area contributed by atoms with Gasteiger partial charge < -0.3 is 5.32 Å². The van der Waals surface area contributed by atoms with E-state index in [4.69, 9.17) is 0 Å². The quantitative estimate of drug-likeness (QED) is 0.846. The zero-order valence-corrected chi connectivity index (χ0v) is 12.0. The number of aromatic nitrogens is 3. The van der Waals surface area contributed by atoms with Crippen LogP contribution in [0.2, 0.25) is 0 Å². The van der Waals surface area contributed by atoms with Gasteiger partial charge in [-0.3, -0.25) is 0 Å². The van der Waals surface area contributed by atoms with Gasteiger partial charge in [-0.15, -0.1) is 11.3 Å². The maximum atomic E-state index is 12.0. The average Bonchev–Trinajstić information content (AvgIpc) is 2.82. The van der Waals surface area contributed by atoms with E-state index in [1.807, 2.05) is 12.3 Å². The highest BCUT2D eigenvalue weighted by Crippen LogP contribution is 2.10. The summed E-state index contributed by atoms with van der Waals surface area (Å²) in [5.74, 6) is 0.370. The highest BCUT2D eigenvalue weighted by molar-refractivity contribution is 7.89. The molecule has 0 aliphatic rings. The second kappa shape index (κ2) is 5.59. The summed E-state index contributed by atoms with van der Waals surface area (Å²) in [6, 6.07) is 0. The van der Waals surface area contributed by atoms with Crippen molar-refractivity contribution in [3.63, 3.8) is 0 Å². The molecule has 0 fully saturated rings. The first-order valence-electron chi connectivity index (χ1n) is 5.42. The van der Waals surface area contributed by atoms with Crippen molar-refractivity contribution < 1.29 is 8.42 Å². The molecule has 102 valence electrons. The molecule has 0 bridgehead atoms. The van der Waals surface area contributed by atoms with E-state index in [2.05, 4.69) is 25.0 Å². The molecule has 0 saturated carbocycles. The molecule has 2 aromatic rings. The first-order valence-corrected chi connectivity index (χ1v) is 7.78. The molecule has 9 heteroatoms. The molecular weight excluding hydrogens is 286 g/mol. The summed E-state index contributed by atoms with van der Waals surface area (Å²) in [4.78, 5) is 11.9. The molecule has 0 aliphatic heterocycles. The Bertz CT molecular complexity index is 651. The van der Waals surface area contributed by atoms with Crippen LogP contribution < -0.4 is 10.0 Å². The molecule has 2 rings (SSSR count). The van der Waals surface area contributed by atoms with E-state index >= 15 is 0 Å². The van der Waals surface area contributed by atoms with Crippen molar-refractivity contribution in [1.82, 2.24) is 19.7 Å². The van der Waals surface area contributed by atoms with Crippen LogP contribution in [0.15, 0.2) is 22.7 Å². The summed E-state index contributed by atoms with van der Waals surface area (Å²) in [6.45, 7) is 2.02. The third kappa shape index (κ3) is 3.46. The van der Waals surface area contributed by atoms with Gasteiger partial charge in [0, 0.05) is 12.4 Å². The van der Waals surface area contributed by atoms with Crippen molar-refractivity contribution in [3.05, 3.63) is 28.5 Å². The zero-order chi connectivity index (χ0) is 13.9. The summed E-state index contributed by atoms with van der Waals surface area (Å²) >= 11 is 1.48. The Balaban J connectivity index is 2.09. The molecule has 19 heavy (non-hydrogen) atoms. The molecule has 0 saturated heterocycles. The van der Waals surface area contributed by atoms with E-state index in [1.165, 1.54) is 23.7 Å². The van der Waals surface area contributed by atoms with Gasteiger partial charge >= 0.3 is 0 Å². The average molecular weight is 299 g/mol. The Labute approximate surface area is 115 Å². The van der Waals surface area contributed by atoms with Crippen molar-refractivity contribution in [1.29, 1.82) is 0 Å². The highest BCUT2D eigenvalue weighted by atomic mass is 32.2. The minimum Gasteiger partial charge on any atom is -0.357 e. The zero-order valence-electron chi connectivity index (χ0n) is 10.4. The predicted octanol–water partition coefficient (Wildman–Crippen LogP) is 0.762. The van der Waals surface area contributed by atoms with Crippen molar-refractivity contribution in [2.45, 2.75) is 18.4 Å². The number of nitrogens with one attached hydrogen (secondary N) is 2. The van der Waals surface area contributed by atoms with Crippen molar-refractivity contribution in [2.75, 3.05) is 12.4 Å². The van der Waals surface area contributed by atoms with E-state index < -0.39 is 10.0 Å². The Morgan fingerprint density at radius 3 is 2.53 bits per heavy atom. The van der Waals surface area contributed by atoms with E-state index in [0.29, 0.717) is 11.6 Å². The Hall–Kier alpha value is -1.58. The van der Waals surface area contributed by atoms with E-state index in [1.54, 1.807) is 7.05 Å². The number of rotatable bonds is 5. The number of thiazole rings is 1. The molecule has 0 atom stereocenters. The van der Waals surface area contributed by atoms with Gasteiger partial charge in [0.1, 0.15) is 4.90 Å². The lowest BCUT2D eigenvalue weighted by molar-refractivity contribution is 0.579. The van der Waals surface area contributed by atoms with Crippen LogP contribution in [0.5, 0.6) is 0 Å². The lowest BCUT2D eigenvalue weighted by atomic mass is 10.5. The fourth-order valence-electron chi connectivity index (χ4n) is 1.33. The van der Waals surface area contributed by atoms with Gasteiger partial charge in [-0.05, 0) is 6.92 Å². The smallest absolute Gasteiger partial charge is 0.244 e. The molecular formula is C10H13N5O2S2. The van der Waals surface area contributed by atoms with Crippen molar-refractivity contribution >= 4 is 27.3 Å². The van der Waals surface area contributed by atoms with Gasteiger partial charge in [0.05, 0.1) is 29.6 Å². The van der Waals surface area contributed by atoms with Crippen LogP contribution in [0.25, 0.3) is 0 Å². The van der Waals surface area contributed by atoms with Crippen LogP contribution in [-0.2, 0) is 16.6 Å². The summed E-state index contributed by atoms with van der Waals surface area (Å²) in [5, 5.41) is 5.44. The van der Waals surface area contributed by atoms with Crippen LogP contribution in [0.4, 0.5) is 5.95 Å². The normalized spacial score (nSPS) is 11.5. The van der Waals surface area contributed by atoms with Gasteiger partial charge in [-0.25, -0.2) is 28.1 Å². The molecule has 2 heterocycles. The second-order valence-corrected chi connectivity index (χ2v) is 6.50. The molecule has 2 aromatic heterocycles. The van der Waals surface area contributed by atoms with Crippen molar-refractivity contribution in [3.8, 4) is 0 Å². The molecule has 0 unspecified atom stereocenters. The number of hydrogen-bond donors (Lipinski definition) is 2. The second-order valence-electron chi connectivity index (χ2n) is 3.67. The maximum Gasteiger partial charge on any atom is 0.244 e. The fourth-order valence-corrected chi connectivity index (χ4v) is 2.83. The first-order chi connectivity index (χ1) is 9.01. The topological polar surface area (TPSA) is 96.9 Å². The van der Waals surface area contributed by atoms with Gasteiger partial charge in [0.2, 0.25) is 16.0 Å². The fraction of sp³-hybridized carbons (Fsp3) is 0.300. The lowest BCUT2D eigenvalue weighted by Crippen LogP contribution is -2.23. The van der Waals surface area contributed by atoms with Gasteiger partial charge in [-0.2, -0.15) is 0 Å². The van der Waals surface area contributed by atoms with Crippen LogP contribution in [0.1, 0.15) is 10.7 Å². The van der Waals surface area contributed by atoms with Gasteiger partial charge in [0.15, 0.2) is 0 Å². The minimum atomic E-state index is -3.61. The van der Waals surface area contributed by atoms with Gasteiger partial charge in [-0.1, -0.05) is 0 Å². The first kappa shape index (κ1) is 13.8. The Kier molecular flexibility index (Phi) is 4.08. The summed E-state index contributed by atoms with van der Waals surface area (Å²) < 4.78 is 26.4. The molecule has 0 aliphatic carbocycles. The molecule has 0 radical (unpaired) electrons. The number of anilines is 1. The Morgan fingerprint density at radius 2 is 2.00 bits per heavy atom. The van der Waals surface area contributed by atoms with Gasteiger partial charge in [0.25, 0.3) is 0 Å². The van der Waals surface area contributed by atoms with E-state index in [9.17, 15) is 8.42 Å². The highest BCUT2D eigenvalue weighted by Gasteiger charge is 2.15. The molecule has 2 N–H and O–H groups in total.